The number of rotatable bonds is 5. The van der Waals surface area contributed by atoms with Crippen LogP contribution in [-0.2, 0) is 10.0 Å². The van der Waals surface area contributed by atoms with Crippen LogP contribution in [0.4, 0.5) is 5.69 Å². The third-order valence-corrected chi connectivity index (χ3v) is 3.96. The van der Waals surface area contributed by atoms with Crippen LogP contribution >= 0.6 is 11.6 Å². The van der Waals surface area contributed by atoms with Crippen LogP contribution in [-0.4, -0.2) is 29.8 Å². The van der Waals surface area contributed by atoms with Crippen molar-refractivity contribution < 1.29 is 8.42 Å². The minimum Gasteiger partial charge on any atom is -0.284 e. The van der Waals surface area contributed by atoms with Crippen molar-refractivity contribution in [3.05, 3.63) is 42.7 Å². The molecule has 0 spiro atoms. The molecule has 18 heavy (non-hydrogen) atoms. The molecule has 0 aliphatic carbocycles. The monoisotopic (exact) mass is 285 g/mol. The fourth-order valence-electron chi connectivity index (χ4n) is 1.44. The van der Waals surface area contributed by atoms with Gasteiger partial charge in [-0.2, -0.15) is 5.10 Å². The van der Waals surface area contributed by atoms with Gasteiger partial charge in [0, 0.05) is 24.0 Å². The summed E-state index contributed by atoms with van der Waals surface area (Å²) < 4.78 is 27.1. The fourth-order valence-corrected chi connectivity index (χ4v) is 2.85. The number of benzene rings is 1. The molecule has 0 bridgehead atoms. The molecule has 0 atom stereocenters. The highest BCUT2D eigenvalue weighted by Crippen LogP contribution is 2.14. The topological polar surface area (TPSA) is 64.0 Å². The first-order valence-corrected chi connectivity index (χ1v) is 7.46. The van der Waals surface area contributed by atoms with Gasteiger partial charge in [-0.15, -0.1) is 11.6 Å². The van der Waals surface area contributed by atoms with Crippen LogP contribution < -0.4 is 4.72 Å². The molecule has 0 amide bonds. The lowest BCUT2D eigenvalue weighted by Crippen LogP contribution is -2.17. The predicted octanol–water partition coefficient (Wildman–Crippen LogP) is 1.85. The Balaban J connectivity index is 2.14. The SMILES string of the molecule is O=S(=O)(CCCl)Nc1ccc(-n2cccn2)cc1. The second-order valence-corrected chi connectivity index (χ2v) is 5.83. The lowest BCUT2D eigenvalue weighted by atomic mass is 10.3. The Labute approximate surface area is 110 Å². The zero-order valence-electron chi connectivity index (χ0n) is 9.45. The van der Waals surface area contributed by atoms with E-state index in [1.54, 1.807) is 35.1 Å². The maximum absolute atomic E-state index is 11.5. The van der Waals surface area contributed by atoms with Crippen molar-refractivity contribution in [2.75, 3.05) is 16.4 Å². The van der Waals surface area contributed by atoms with E-state index < -0.39 is 10.0 Å². The third kappa shape index (κ3) is 3.24. The molecule has 0 unspecified atom stereocenters. The Kier molecular flexibility index (Phi) is 3.88. The van der Waals surface area contributed by atoms with Crippen molar-refractivity contribution in [3.63, 3.8) is 0 Å². The normalized spacial score (nSPS) is 11.4. The molecule has 0 radical (unpaired) electrons. The van der Waals surface area contributed by atoms with Gasteiger partial charge in [0.1, 0.15) is 0 Å². The summed E-state index contributed by atoms with van der Waals surface area (Å²) in [4.78, 5) is 0. The quantitative estimate of drug-likeness (QED) is 0.853. The molecule has 1 heterocycles. The number of alkyl halides is 1. The van der Waals surface area contributed by atoms with E-state index in [2.05, 4.69) is 9.82 Å². The molecular formula is C11H12ClN3O2S. The first-order valence-electron chi connectivity index (χ1n) is 5.27. The van der Waals surface area contributed by atoms with Gasteiger partial charge in [-0.1, -0.05) is 0 Å². The second-order valence-electron chi connectivity index (χ2n) is 3.61. The van der Waals surface area contributed by atoms with Gasteiger partial charge in [0.25, 0.3) is 0 Å². The lowest BCUT2D eigenvalue weighted by Gasteiger charge is -2.07. The van der Waals surface area contributed by atoms with E-state index in [-0.39, 0.29) is 11.6 Å². The van der Waals surface area contributed by atoms with E-state index in [4.69, 9.17) is 11.6 Å². The van der Waals surface area contributed by atoms with Gasteiger partial charge < -0.3 is 0 Å². The number of aromatic nitrogens is 2. The maximum Gasteiger partial charge on any atom is 0.233 e. The van der Waals surface area contributed by atoms with Gasteiger partial charge in [0.2, 0.25) is 10.0 Å². The number of nitrogens with zero attached hydrogens (tertiary/aromatic N) is 2. The summed E-state index contributed by atoms with van der Waals surface area (Å²) in [5, 5.41) is 4.08. The fraction of sp³-hybridized carbons (Fsp3) is 0.182. The summed E-state index contributed by atoms with van der Waals surface area (Å²) in [6.07, 6.45) is 3.49. The summed E-state index contributed by atoms with van der Waals surface area (Å²) >= 11 is 5.41. The molecular weight excluding hydrogens is 274 g/mol. The molecule has 0 saturated heterocycles. The smallest absolute Gasteiger partial charge is 0.233 e. The van der Waals surface area contributed by atoms with Crippen LogP contribution in [0.15, 0.2) is 42.7 Å². The number of nitrogens with one attached hydrogen (secondary N) is 1. The van der Waals surface area contributed by atoms with E-state index in [0.717, 1.165) is 5.69 Å². The molecule has 1 aromatic carbocycles. The summed E-state index contributed by atoms with van der Waals surface area (Å²) in [6.45, 7) is 0. The predicted molar refractivity (Wildman–Crippen MR) is 71.7 cm³/mol. The van der Waals surface area contributed by atoms with E-state index >= 15 is 0 Å². The molecule has 1 N–H and O–H groups in total. The Morgan fingerprint density at radius 3 is 2.56 bits per heavy atom. The first kappa shape index (κ1) is 12.9. The number of anilines is 1. The zero-order chi connectivity index (χ0) is 13.0. The van der Waals surface area contributed by atoms with Crippen molar-refractivity contribution in [1.82, 2.24) is 9.78 Å². The lowest BCUT2D eigenvalue weighted by molar-refractivity contribution is 0.602. The average Bonchev–Trinajstić information content (AvgIpc) is 2.82. The Morgan fingerprint density at radius 1 is 1.28 bits per heavy atom. The molecule has 0 aliphatic rings. The number of halogens is 1. The largest absolute Gasteiger partial charge is 0.284 e. The third-order valence-electron chi connectivity index (χ3n) is 2.26. The van der Waals surface area contributed by atoms with Gasteiger partial charge in [-0.05, 0) is 30.3 Å². The second kappa shape index (κ2) is 5.41. The summed E-state index contributed by atoms with van der Waals surface area (Å²) in [5.74, 6) is -0.0316. The highest BCUT2D eigenvalue weighted by atomic mass is 35.5. The number of hydrogen-bond acceptors (Lipinski definition) is 3. The first-order chi connectivity index (χ1) is 8.61. The molecule has 1 aromatic heterocycles. The van der Waals surface area contributed by atoms with Crippen molar-refractivity contribution in [2.24, 2.45) is 0 Å². The molecule has 5 nitrogen and oxygen atoms in total. The Hall–Kier alpha value is -1.53. The van der Waals surface area contributed by atoms with E-state index in [9.17, 15) is 8.42 Å². The van der Waals surface area contributed by atoms with Gasteiger partial charge in [0.05, 0.1) is 11.4 Å². The molecule has 0 aliphatic heterocycles. The average molecular weight is 286 g/mol. The molecule has 0 fully saturated rings. The number of sulfonamides is 1. The van der Waals surface area contributed by atoms with Crippen LogP contribution in [0.1, 0.15) is 0 Å². The van der Waals surface area contributed by atoms with Crippen LogP contribution in [0.5, 0.6) is 0 Å². The molecule has 0 saturated carbocycles. The standard InChI is InChI=1S/C11H12ClN3O2S/c12-6-9-18(16,17)14-10-2-4-11(5-3-10)15-8-1-7-13-15/h1-5,7-8,14H,6,9H2. The van der Waals surface area contributed by atoms with Gasteiger partial charge in [-0.25, -0.2) is 13.1 Å². The van der Waals surface area contributed by atoms with E-state index in [1.165, 1.54) is 0 Å². The minimum atomic E-state index is -3.36. The summed E-state index contributed by atoms with van der Waals surface area (Å²) in [5.41, 5.74) is 1.37. The van der Waals surface area contributed by atoms with Crippen molar-refractivity contribution in [2.45, 2.75) is 0 Å². The van der Waals surface area contributed by atoms with Crippen molar-refractivity contribution in [3.8, 4) is 5.69 Å². The van der Waals surface area contributed by atoms with Crippen LogP contribution in [0.3, 0.4) is 0 Å². The molecule has 7 heteroatoms. The van der Waals surface area contributed by atoms with Gasteiger partial charge in [-0.3, -0.25) is 4.72 Å². The number of hydrogen-bond donors (Lipinski definition) is 1. The Bertz CT molecular complexity index is 594. The molecule has 2 aromatic rings. The van der Waals surface area contributed by atoms with Crippen LogP contribution in [0, 0.1) is 0 Å². The van der Waals surface area contributed by atoms with Crippen molar-refractivity contribution in [1.29, 1.82) is 0 Å². The molecule has 96 valence electrons. The van der Waals surface area contributed by atoms with Gasteiger partial charge >= 0.3 is 0 Å². The Morgan fingerprint density at radius 2 is 2.00 bits per heavy atom. The van der Waals surface area contributed by atoms with Crippen LogP contribution in [0.2, 0.25) is 0 Å². The van der Waals surface area contributed by atoms with E-state index in [1.807, 2.05) is 12.3 Å². The van der Waals surface area contributed by atoms with E-state index in [0.29, 0.717) is 5.69 Å². The highest BCUT2D eigenvalue weighted by molar-refractivity contribution is 7.92. The highest BCUT2D eigenvalue weighted by Gasteiger charge is 2.09. The van der Waals surface area contributed by atoms with Gasteiger partial charge in [0.15, 0.2) is 0 Å². The van der Waals surface area contributed by atoms with Crippen molar-refractivity contribution >= 4 is 27.3 Å². The summed E-state index contributed by atoms with van der Waals surface area (Å²) in [6, 6.07) is 8.75. The zero-order valence-corrected chi connectivity index (χ0v) is 11.0. The molecule has 2 rings (SSSR count). The summed E-state index contributed by atoms with van der Waals surface area (Å²) in [7, 11) is -3.36. The maximum atomic E-state index is 11.5. The van der Waals surface area contributed by atoms with Crippen LogP contribution in [0.25, 0.3) is 5.69 Å². The minimum absolute atomic E-state index is 0.0701.